The molecule has 3 N–H and O–H groups in total. The van der Waals surface area contributed by atoms with Crippen molar-refractivity contribution in [2.24, 2.45) is 0 Å². The van der Waals surface area contributed by atoms with Crippen LogP contribution in [-0.2, 0) is 0 Å². The molecule has 0 saturated heterocycles. The third kappa shape index (κ3) is 3.34. The lowest BCUT2D eigenvalue weighted by Gasteiger charge is -2.11. The standard InChI is InChI=1S/C14H19N5O/c1-4-15-12-8-10(7-11(18-12)9(2)3)13(20)19-14-16-5-6-17-14/h5-9H,4H2,1-3H3,(H,15,18)(H2,16,17,19,20). The van der Waals surface area contributed by atoms with E-state index in [2.05, 4.69) is 25.6 Å². The molecular weight excluding hydrogens is 254 g/mol. The lowest BCUT2D eigenvalue weighted by atomic mass is 10.1. The topological polar surface area (TPSA) is 82.7 Å². The van der Waals surface area contributed by atoms with Gasteiger partial charge in [-0.2, -0.15) is 0 Å². The third-order valence-corrected chi connectivity index (χ3v) is 2.79. The maximum Gasteiger partial charge on any atom is 0.258 e. The van der Waals surface area contributed by atoms with Gasteiger partial charge in [0.05, 0.1) is 0 Å². The number of imidazole rings is 1. The number of aromatic amines is 1. The first-order valence-corrected chi connectivity index (χ1v) is 6.66. The van der Waals surface area contributed by atoms with Crippen molar-refractivity contribution < 1.29 is 4.79 Å². The number of amides is 1. The zero-order valence-electron chi connectivity index (χ0n) is 11.9. The van der Waals surface area contributed by atoms with Gasteiger partial charge in [0.15, 0.2) is 0 Å². The number of aromatic nitrogens is 3. The largest absolute Gasteiger partial charge is 0.370 e. The van der Waals surface area contributed by atoms with Crippen LogP contribution in [0.15, 0.2) is 24.5 Å². The average Bonchev–Trinajstić information content (AvgIpc) is 2.91. The van der Waals surface area contributed by atoms with Crippen LogP contribution in [0, 0.1) is 0 Å². The van der Waals surface area contributed by atoms with Crippen LogP contribution in [-0.4, -0.2) is 27.4 Å². The highest BCUT2D eigenvalue weighted by Gasteiger charge is 2.12. The molecule has 2 heterocycles. The van der Waals surface area contributed by atoms with Gasteiger partial charge in [0.2, 0.25) is 5.95 Å². The fraction of sp³-hybridized carbons (Fsp3) is 0.357. The smallest absolute Gasteiger partial charge is 0.258 e. The maximum atomic E-state index is 12.2. The molecule has 106 valence electrons. The summed E-state index contributed by atoms with van der Waals surface area (Å²) in [6.07, 6.45) is 3.25. The number of H-pyrrole nitrogens is 1. The van der Waals surface area contributed by atoms with E-state index in [4.69, 9.17) is 0 Å². The van der Waals surface area contributed by atoms with Gasteiger partial charge in [0.25, 0.3) is 5.91 Å². The van der Waals surface area contributed by atoms with E-state index in [1.165, 1.54) is 0 Å². The molecule has 0 fully saturated rings. The predicted octanol–water partition coefficient (Wildman–Crippen LogP) is 2.61. The Labute approximate surface area is 118 Å². The molecule has 20 heavy (non-hydrogen) atoms. The molecular formula is C14H19N5O. The number of anilines is 2. The summed E-state index contributed by atoms with van der Waals surface area (Å²) in [7, 11) is 0. The lowest BCUT2D eigenvalue weighted by molar-refractivity contribution is 0.102. The van der Waals surface area contributed by atoms with E-state index >= 15 is 0 Å². The van der Waals surface area contributed by atoms with Crippen molar-refractivity contribution in [1.82, 2.24) is 15.0 Å². The van der Waals surface area contributed by atoms with Crippen LogP contribution in [0.1, 0.15) is 42.7 Å². The van der Waals surface area contributed by atoms with E-state index in [9.17, 15) is 4.79 Å². The van der Waals surface area contributed by atoms with E-state index < -0.39 is 0 Å². The summed E-state index contributed by atoms with van der Waals surface area (Å²) in [4.78, 5) is 23.5. The highest BCUT2D eigenvalue weighted by molar-refractivity contribution is 6.03. The summed E-state index contributed by atoms with van der Waals surface area (Å²) < 4.78 is 0. The minimum Gasteiger partial charge on any atom is -0.370 e. The molecule has 0 atom stereocenters. The minimum absolute atomic E-state index is 0.205. The van der Waals surface area contributed by atoms with Crippen LogP contribution < -0.4 is 10.6 Å². The molecule has 2 aromatic heterocycles. The molecule has 0 aromatic carbocycles. The Balaban J connectivity index is 2.27. The monoisotopic (exact) mass is 273 g/mol. The van der Waals surface area contributed by atoms with Crippen LogP contribution in [0.4, 0.5) is 11.8 Å². The Bertz CT molecular complexity index is 577. The molecule has 0 unspecified atom stereocenters. The van der Waals surface area contributed by atoms with Crippen molar-refractivity contribution in [3.8, 4) is 0 Å². The number of rotatable bonds is 5. The second-order valence-corrected chi connectivity index (χ2v) is 4.74. The number of nitrogens with one attached hydrogen (secondary N) is 3. The van der Waals surface area contributed by atoms with Crippen LogP contribution in [0.25, 0.3) is 0 Å². The van der Waals surface area contributed by atoms with Crippen molar-refractivity contribution in [2.75, 3.05) is 17.2 Å². The van der Waals surface area contributed by atoms with Gasteiger partial charge in [-0.15, -0.1) is 0 Å². The van der Waals surface area contributed by atoms with Crippen molar-refractivity contribution in [3.63, 3.8) is 0 Å². The fourth-order valence-corrected chi connectivity index (χ4v) is 1.76. The molecule has 0 aliphatic rings. The molecule has 0 bridgehead atoms. The first-order valence-electron chi connectivity index (χ1n) is 6.66. The highest BCUT2D eigenvalue weighted by atomic mass is 16.1. The molecule has 2 aromatic rings. The number of carbonyl (C=O) groups excluding carboxylic acids is 1. The Hall–Kier alpha value is -2.37. The Morgan fingerprint density at radius 1 is 1.40 bits per heavy atom. The molecule has 0 aliphatic carbocycles. The van der Waals surface area contributed by atoms with Crippen LogP contribution in [0.5, 0.6) is 0 Å². The molecule has 0 spiro atoms. The van der Waals surface area contributed by atoms with Gasteiger partial charge >= 0.3 is 0 Å². The third-order valence-electron chi connectivity index (χ3n) is 2.79. The predicted molar refractivity (Wildman–Crippen MR) is 79.0 cm³/mol. The van der Waals surface area contributed by atoms with Crippen LogP contribution in [0.2, 0.25) is 0 Å². The van der Waals surface area contributed by atoms with Gasteiger partial charge < -0.3 is 10.3 Å². The SMILES string of the molecule is CCNc1cc(C(=O)Nc2ncc[nH]2)cc(C(C)C)n1. The van der Waals surface area contributed by atoms with Gasteiger partial charge in [-0.25, -0.2) is 9.97 Å². The number of hydrogen-bond acceptors (Lipinski definition) is 4. The normalized spacial score (nSPS) is 10.6. The number of hydrogen-bond donors (Lipinski definition) is 3. The van der Waals surface area contributed by atoms with Crippen LogP contribution >= 0.6 is 0 Å². The maximum absolute atomic E-state index is 12.2. The van der Waals surface area contributed by atoms with E-state index in [1.54, 1.807) is 18.5 Å². The van der Waals surface area contributed by atoms with Gasteiger partial charge in [0.1, 0.15) is 5.82 Å². The van der Waals surface area contributed by atoms with Gasteiger partial charge in [-0.05, 0) is 25.0 Å². The molecule has 6 nitrogen and oxygen atoms in total. The molecule has 6 heteroatoms. The lowest BCUT2D eigenvalue weighted by Crippen LogP contribution is -2.15. The van der Waals surface area contributed by atoms with Crippen LogP contribution in [0.3, 0.4) is 0 Å². The first kappa shape index (κ1) is 14.0. The number of carbonyl (C=O) groups is 1. The summed E-state index contributed by atoms with van der Waals surface area (Å²) in [5.41, 5.74) is 1.45. The summed E-state index contributed by atoms with van der Waals surface area (Å²) in [5, 5.41) is 5.85. The van der Waals surface area contributed by atoms with Gasteiger partial charge in [-0.3, -0.25) is 10.1 Å². The minimum atomic E-state index is -0.205. The Morgan fingerprint density at radius 2 is 2.20 bits per heavy atom. The zero-order valence-corrected chi connectivity index (χ0v) is 11.9. The zero-order chi connectivity index (χ0) is 14.5. The second-order valence-electron chi connectivity index (χ2n) is 4.74. The summed E-state index contributed by atoms with van der Waals surface area (Å²) in [5.74, 6) is 1.19. The summed E-state index contributed by atoms with van der Waals surface area (Å²) >= 11 is 0. The Morgan fingerprint density at radius 3 is 2.80 bits per heavy atom. The second kappa shape index (κ2) is 6.18. The van der Waals surface area contributed by atoms with Crippen molar-refractivity contribution in [1.29, 1.82) is 0 Å². The number of nitrogens with zero attached hydrogens (tertiary/aromatic N) is 2. The van der Waals surface area contributed by atoms with E-state index in [-0.39, 0.29) is 11.8 Å². The molecule has 2 rings (SSSR count). The van der Waals surface area contributed by atoms with Crippen molar-refractivity contribution in [3.05, 3.63) is 35.8 Å². The van der Waals surface area contributed by atoms with Crippen molar-refractivity contribution in [2.45, 2.75) is 26.7 Å². The molecule has 0 saturated carbocycles. The fourth-order valence-electron chi connectivity index (χ4n) is 1.76. The average molecular weight is 273 g/mol. The van der Waals surface area contributed by atoms with E-state index in [0.29, 0.717) is 17.3 Å². The van der Waals surface area contributed by atoms with Gasteiger partial charge in [-0.1, -0.05) is 13.8 Å². The molecule has 0 aliphatic heterocycles. The van der Waals surface area contributed by atoms with Crippen molar-refractivity contribution >= 4 is 17.7 Å². The molecule has 1 amide bonds. The van der Waals surface area contributed by atoms with E-state index in [1.807, 2.05) is 26.8 Å². The summed E-state index contributed by atoms with van der Waals surface area (Å²) in [6.45, 7) is 6.85. The van der Waals surface area contributed by atoms with Gasteiger partial charge in [0, 0.05) is 30.2 Å². The summed E-state index contributed by atoms with van der Waals surface area (Å²) in [6, 6.07) is 3.55. The van der Waals surface area contributed by atoms with E-state index in [0.717, 1.165) is 12.2 Å². The Kier molecular flexibility index (Phi) is 4.34. The molecule has 0 radical (unpaired) electrons. The first-order chi connectivity index (χ1) is 9.60. The quantitative estimate of drug-likeness (QED) is 0.782. The number of pyridine rings is 1. The highest BCUT2D eigenvalue weighted by Crippen LogP contribution is 2.18.